The Morgan fingerprint density at radius 3 is 2.22 bits per heavy atom. The minimum absolute atomic E-state index is 0.0278. The first kappa shape index (κ1) is 8.84. The van der Waals surface area contributed by atoms with Crippen molar-refractivity contribution in [3.05, 3.63) is 0 Å². The lowest BCUT2D eigenvalue weighted by Crippen LogP contribution is -2.32. The molecule has 0 bridgehead atoms. The monoisotopic (exact) mass is 134 g/mol. The molecule has 56 valence electrons. The van der Waals surface area contributed by atoms with Crippen molar-refractivity contribution in [2.75, 3.05) is 7.05 Å². The maximum atomic E-state index is 4.94. The fourth-order valence-electron chi connectivity index (χ4n) is 0.392. The predicted molar refractivity (Wildman–Crippen MR) is 34.3 cm³/mol. The lowest BCUT2D eigenvalue weighted by molar-refractivity contribution is -0.0901. The van der Waals surface area contributed by atoms with Gasteiger partial charge in [-0.1, -0.05) is 0 Å². The van der Waals surface area contributed by atoms with E-state index in [9.17, 15) is 0 Å². The fraction of sp³-hybridized carbons (Fsp3) is 1.00. The molecule has 0 aromatic heterocycles. The minimum Gasteiger partial charge on any atom is -0.299 e. The molecule has 0 aliphatic heterocycles. The number of nitrogens with one attached hydrogen (secondary N) is 1. The van der Waals surface area contributed by atoms with Crippen LogP contribution in [0.15, 0.2) is 0 Å². The van der Waals surface area contributed by atoms with Gasteiger partial charge in [-0.3, -0.25) is 9.68 Å². The molecule has 0 aromatic rings. The zero-order valence-corrected chi connectivity index (χ0v) is 6.05. The highest BCUT2D eigenvalue weighted by molar-refractivity contribution is 4.56. The molecule has 0 saturated carbocycles. The summed E-state index contributed by atoms with van der Waals surface area (Å²) in [6.45, 7) is 3.70. The van der Waals surface area contributed by atoms with E-state index >= 15 is 0 Å². The number of hydrogen-bond donors (Lipinski definition) is 2. The van der Waals surface area contributed by atoms with Crippen LogP contribution in [0.2, 0.25) is 0 Å². The molecule has 4 heteroatoms. The smallest absolute Gasteiger partial charge is 0.104 e. The van der Waals surface area contributed by atoms with Crippen LogP contribution in [0.5, 0.6) is 0 Å². The highest BCUT2D eigenvalue weighted by Gasteiger charge is 2.10. The van der Waals surface area contributed by atoms with Crippen LogP contribution in [-0.2, 0) is 9.68 Å². The van der Waals surface area contributed by atoms with Gasteiger partial charge in [0.1, 0.15) is 12.2 Å². The van der Waals surface area contributed by atoms with Gasteiger partial charge in [0.05, 0.1) is 0 Å². The summed E-state index contributed by atoms with van der Waals surface area (Å²) in [6, 6.07) is 0. The van der Waals surface area contributed by atoms with Crippen LogP contribution in [-0.4, -0.2) is 19.3 Å². The molecule has 0 spiro atoms. The van der Waals surface area contributed by atoms with Gasteiger partial charge in [-0.2, -0.15) is 0 Å². The Bertz CT molecular complexity index is 70.0. The molecule has 0 fully saturated rings. The first-order chi connectivity index (χ1) is 4.22. The highest BCUT2D eigenvalue weighted by atomic mass is 16.7. The maximum absolute atomic E-state index is 4.94. The average Bonchev–Trinajstić information content (AvgIpc) is 1.87. The summed E-state index contributed by atoms with van der Waals surface area (Å²) in [5.74, 6) is 4.90. The van der Waals surface area contributed by atoms with E-state index in [2.05, 4.69) is 10.3 Å². The lowest BCUT2D eigenvalue weighted by Gasteiger charge is -2.16. The van der Waals surface area contributed by atoms with Crippen LogP contribution < -0.4 is 11.4 Å². The molecule has 0 saturated heterocycles. The first-order valence-electron chi connectivity index (χ1n) is 2.90. The van der Waals surface area contributed by atoms with Gasteiger partial charge < -0.3 is 0 Å². The molecular weight excluding hydrogens is 120 g/mol. The standard InChI is InChI=1S/C5H14N2O2/c1-4(8-6)5(2)9-7-3/h4-5,7H,6H2,1-3H3. The van der Waals surface area contributed by atoms with Gasteiger partial charge in [0, 0.05) is 7.05 Å². The molecule has 2 unspecified atom stereocenters. The largest absolute Gasteiger partial charge is 0.299 e. The normalized spacial score (nSPS) is 17.3. The van der Waals surface area contributed by atoms with E-state index in [1.165, 1.54) is 0 Å². The number of hydroxylamine groups is 1. The van der Waals surface area contributed by atoms with Gasteiger partial charge in [-0.25, -0.2) is 11.4 Å². The summed E-state index contributed by atoms with van der Waals surface area (Å²) in [7, 11) is 1.69. The summed E-state index contributed by atoms with van der Waals surface area (Å²) >= 11 is 0. The van der Waals surface area contributed by atoms with Crippen LogP contribution in [0.1, 0.15) is 13.8 Å². The third-order valence-electron chi connectivity index (χ3n) is 1.18. The van der Waals surface area contributed by atoms with Crippen LogP contribution in [0.4, 0.5) is 0 Å². The van der Waals surface area contributed by atoms with E-state index in [4.69, 9.17) is 10.7 Å². The van der Waals surface area contributed by atoms with Crippen LogP contribution >= 0.6 is 0 Å². The second-order valence-corrected chi connectivity index (χ2v) is 1.87. The van der Waals surface area contributed by atoms with E-state index in [1.54, 1.807) is 7.05 Å². The van der Waals surface area contributed by atoms with E-state index in [1.807, 2.05) is 13.8 Å². The third kappa shape index (κ3) is 3.42. The third-order valence-corrected chi connectivity index (χ3v) is 1.18. The van der Waals surface area contributed by atoms with Crippen molar-refractivity contribution in [3.8, 4) is 0 Å². The van der Waals surface area contributed by atoms with Crippen molar-refractivity contribution in [2.24, 2.45) is 5.90 Å². The summed E-state index contributed by atoms with van der Waals surface area (Å²) in [5.41, 5.74) is 2.55. The molecule has 9 heavy (non-hydrogen) atoms. The lowest BCUT2D eigenvalue weighted by atomic mass is 10.3. The van der Waals surface area contributed by atoms with Gasteiger partial charge in [-0.15, -0.1) is 0 Å². The first-order valence-corrected chi connectivity index (χ1v) is 2.90. The quantitative estimate of drug-likeness (QED) is 0.523. The molecule has 0 radical (unpaired) electrons. The van der Waals surface area contributed by atoms with Gasteiger partial charge in [0.25, 0.3) is 0 Å². The summed E-state index contributed by atoms with van der Waals surface area (Å²) in [4.78, 5) is 9.44. The Kier molecular flexibility index (Phi) is 4.61. The molecule has 0 heterocycles. The summed E-state index contributed by atoms with van der Waals surface area (Å²) < 4.78 is 0. The van der Waals surface area contributed by atoms with Gasteiger partial charge in [0.15, 0.2) is 0 Å². The zero-order valence-electron chi connectivity index (χ0n) is 6.05. The summed E-state index contributed by atoms with van der Waals surface area (Å²) in [6.07, 6.45) is -0.113. The van der Waals surface area contributed by atoms with Crippen molar-refractivity contribution < 1.29 is 9.68 Å². The van der Waals surface area contributed by atoms with Crippen molar-refractivity contribution in [1.29, 1.82) is 0 Å². The van der Waals surface area contributed by atoms with Crippen molar-refractivity contribution in [1.82, 2.24) is 5.48 Å². The van der Waals surface area contributed by atoms with Crippen LogP contribution in [0.25, 0.3) is 0 Å². The number of rotatable bonds is 4. The average molecular weight is 134 g/mol. The second kappa shape index (κ2) is 4.69. The Hall–Kier alpha value is -0.160. The number of nitrogens with two attached hydrogens (primary N) is 1. The fourth-order valence-corrected chi connectivity index (χ4v) is 0.392. The Morgan fingerprint density at radius 1 is 1.33 bits per heavy atom. The molecule has 4 nitrogen and oxygen atoms in total. The molecular formula is C5H14N2O2. The van der Waals surface area contributed by atoms with Crippen molar-refractivity contribution in [2.45, 2.75) is 26.1 Å². The van der Waals surface area contributed by atoms with Crippen LogP contribution in [0.3, 0.4) is 0 Å². The molecule has 0 aromatic carbocycles. The topological polar surface area (TPSA) is 56.5 Å². The Morgan fingerprint density at radius 2 is 1.89 bits per heavy atom. The SMILES string of the molecule is CNOC(C)C(C)ON. The van der Waals surface area contributed by atoms with Gasteiger partial charge in [-0.05, 0) is 13.8 Å². The molecule has 0 aliphatic carbocycles. The van der Waals surface area contributed by atoms with E-state index in [0.717, 1.165) is 0 Å². The molecule has 2 atom stereocenters. The van der Waals surface area contributed by atoms with Gasteiger partial charge in [0.2, 0.25) is 0 Å². The van der Waals surface area contributed by atoms with E-state index < -0.39 is 0 Å². The van der Waals surface area contributed by atoms with Crippen LogP contribution in [0, 0.1) is 0 Å². The zero-order chi connectivity index (χ0) is 7.28. The summed E-state index contributed by atoms with van der Waals surface area (Å²) in [5, 5.41) is 0. The van der Waals surface area contributed by atoms with E-state index in [0.29, 0.717) is 0 Å². The van der Waals surface area contributed by atoms with E-state index in [-0.39, 0.29) is 12.2 Å². The Labute approximate surface area is 55.2 Å². The second-order valence-electron chi connectivity index (χ2n) is 1.87. The van der Waals surface area contributed by atoms with Crippen molar-refractivity contribution in [3.63, 3.8) is 0 Å². The minimum atomic E-state index is -0.0857. The molecule has 0 rings (SSSR count). The predicted octanol–water partition coefficient (Wildman–Crippen LogP) is -0.195. The number of hydrogen-bond acceptors (Lipinski definition) is 4. The van der Waals surface area contributed by atoms with Crippen molar-refractivity contribution >= 4 is 0 Å². The Balaban J connectivity index is 3.32. The molecule has 0 aliphatic rings. The van der Waals surface area contributed by atoms with Gasteiger partial charge >= 0.3 is 0 Å². The maximum Gasteiger partial charge on any atom is 0.104 e. The molecule has 3 N–H and O–H groups in total. The molecule has 0 amide bonds. The highest BCUT2D eigenvalue weighted by Crippen LogP contribution is 1.96.